The number of benzene rings is 1. The van der Waals surface area contributed by atoms with Gasteiger partial charge in [-0.2, -0.15) is 0 Å². The van der Waals surface area contributed by atoms with Gasteiger partial charge in [0.1, 0.15) is 0 Å². The van der Waals surface area contributed by atoms with Crippen LogP contribution in [-0.2, 0) is 17.8 Å². The van der Waals surface area contributed by atoms with Gasteiger partial charge >= 0.3 is 0 Å². The fourth-order valence-electron chi connectivity index (χ4n) is 3.44. The fourth-order valence-corrected chi connectivity index (χ4v) is 4.41. The molecule has 7 heteroatoms. The molecule has 1 amide bonds. The minimum atomic E-state index is -0.255. The topological polar surface area (TPSA) is 64.2 Å². The van der Waals surface area contributed by atoms with E-state index in [4.69, 9.17) is 4.42 Å². The Labute approximate surface area is 162 Å². The second-order valence-corrected chi connectivity index (χ2v) is 7.82. The number of anilines is 1. The number of thioether (sulfide) groups is 1. The number of carbonyl (C=O) groups is 1. The first kappa shape index (κ1) is 17.9. The molecule has 6 nitrogen and oxygen atoms in total. The van der Waals surface area contributed by atoms with Gasteiger partial charge in [-0.05, 0) is 50.5 Å². The molecule has 3 heterocycles. The molecule has 0 fully saturated rings. The zero-order valence-electron chi connectivity index (χ0n) is 15.5. The summed E-state index contributed by atoms with van der Waals surface area (Å²) in [6, 6.07) is 11.9. The van der Waals surface area contributed by atoms with Crippen molar-refractivity contribution in [2.75, 3.05) is 11.4 Å². The Balaban J connectivity index is 1.55. The molecule has 0 saturated heterocycles. The molecule has 0 bridgehead atoms. The minimum Gasteiger partial charge on any atom is -0.461 e. The number of amides is 1. The standard InChI is InChI=1S/C20H22N4O2S/c1-3-23-18(17-11-7-13-26-17)21-22-20(23)27-14(2)19(25)24-12-6-9-15-8-4-5-10-16(15)24/h4-5,7-8,10-11,13-14H,3,6,9,12H2,1-2H3/t14-/m1/s1. The zero-order valence-corrected chi connectivity index (χ0v) is 16.3. The van der Waals surface area contributed by atoms with Crippen LogP contribution >= 0.6 is 11.8 Å². The van der Waals surface area contributed by atoms with E-state index >= 15 is 0 Å². The molecular formula is C20H22N4O2S. The third kappa shape index (κ3) is 3.39. The number of hydrogen-bond acceptors (Lipinski definition) is 5. The summed E-state index contributed by atoms with van der Waals surface area (Å²) in [6.07, 6.45) is 3.64. The maximum Gasteiger partial charge on any atom is 0.240 e. The minimum absolute atomic E-state index is 0.109. The van der Waals surface area contributed by atoms with Gasteiger partial charge in [-0.15, -0.1) is 10.2 Å². The van der Waals surface area contributed by atoms with Crippen LogP contribution in [0.5, 0.6) is 0 Å². The number of furan rings is 1. The van der Waals surface area contributed by atoms with Gasteiger partial charge in [0.2, 0.25) is 5.91 Å². The van der Waals surface area contributed by atoms with E-state index in [1.54, 1.807) is 6.26 Å². The molecule has 2 aromatic heterocycles. The molecule has 1 aromatic carbocycles. The van der Waals surface area contributed by atoms with Crippen molar-refractivity contribution in [3.05, 3.63) is 48.2 Å². The van der Waals surface area contributed by atoms with Crippen LogP contribution in [0.1, 0.15) is 25.8 Å². The first-order chi connectivity index (χ1) is 13.2. The lowest BCUT2D eigenvalue weighted by Crippen LogP contribution is -2.40. The summed E-state index contributed by atoms with van der Waals surface area (Å²) in [6.45, 7) is 5.44. The number of aromatic nitrogens is 3. The maximum absolute atomic E-state index is 13.1. The van der Waals surface area contributed by atoms with Crippen molar-refractivity contribution in [1.29, 1.82) is 0 Å². The maximum atomic E-state index is 13.1. The number of fused-ring (bicyclic) bond motifs is 1. The summed E-state index contributed by atoms with van der Waals surface area (Å²) < 4.78 is 7.44. The van der Waals surface area contributed by atoms with Crippen LogP contribution in [0.25, 0.3) is 11.6 Å². The van der Waals surface area contributed by atoms with E-state index in [2.05, 4.69) is 16.3 Å². The first-order valence-electron chi connectivity index (χ1n) is 9.22. The van der Waals surface area contributed by atoms with Gasteiger partial charge in [0.25, 0.3) is 0 Å². The molecule has 0 spiro atoms. The molecule has 0 saturated carbocycles. The van der Waals surface area contributed by atoms with E-state index in [1.165, 1.54) is 17.3 Å². The predicted octanol–water partition coefficient (Wildman–Crippen LogP) is 4.02. The van der Waals surface area contributed by atoms with Crippen molar-refractivity contribution in [2.24, 2.45) is 0 Å². The number of nitrogens with zero attached hydrogens (tertiary/aromatic N) is 4. The largest absolute Gasteiger partial charge is 0.461 e. The average Bonchev–Trinajstić information content (AvgIpc) is 3.36. The number of carbonyl (C=O) groups excluding carboxylic acids is 1. The Kier molecular flexibility index (Phi) is 5.03. The van der Waals surface area contributed by atoms with E-state index in [0.717, 1.165) is 30.2 Å². The highest BCUT2D eigenvalue weighted by Gasteiger charge is 2.28. The van der Waals surface area contributed by atoms with E-state index < -0.39 is 0 Å². The van der Waals surface area contributed by atoms with Crippen molar-refractivity contribution >= 4 is 23.4 Å². The van der Waals surface area contributed by atoms with Gasteiger partial charge in [0.15, 0.2) is 16.7 Å². The van der Waals surface area contributed by atoms with Crippen molar-refractivity contribution < 1.29 is 9.21 Å². The monoisotopic (exact) mass is 382 g/mol. The smallest absolute Gasteiger partial charge is 0.240 e. The summed E-state index contributed by atoms with van der Waals surface area (Å²) in [5.74, 6) is 1.48. The van der Waals surface area contributed by atoms with Gasteiger partial charge in [-0.1, -0.05) is 30.0 Å². The van der Waals surface area contributed by atoms with Crippen molar-refractivity contribution in [2.45, 2.75) is 43.6 Å². The van der Waals surface area contributed by atoms with Crippen LogP contribution in [0.15, 0.2) is 52.2 Å². The van der Waals surface area contributed by atoms with Gasteiger partial charge in [0, 0.05) is 18.8 Å². The second-order valence-electron chi connectivity index (χ2n) is 6.51. The predicted molar refractivity (Wildman–Crippen MR) is 106 cm³/mol. The normalized spacial score (nSPS) is 14.8. The summed E-state index contributed by atoms with van der Waals surface area (Å²) in [5, 5.41) is 9.04. The van der Waals surface area contributed by atoms with Gasteiger partial charge < -0.3 is 9.32 Å². The number of rotatable bonds is 5. The third-order valence-corrected chi connectivity index (χ3v) is 5.85. The molecule has 27 heavy (non-hydrogen) atoms. The van der Waals surface area contributed by atoms with Crippen LogP contribution < -0.4 is 4.90 Å². The molecule has 0 unspecified atom stereocenters. The molecule has 1 atom stereocenters. The van der Waals surface area contributed by atoms with Gasteiger partial charge in [-0.3, -0.25) is 9.36 Å². The number of para-hydroxylation sites is 1. The molecule has 140 valence electrons. The molecule has 3 aromatic rings. The highest BCUT2D eigenvalue weighted by molar-refractivity contribution is 8.00. The molecular weight excluding hydrogens is 360 g/mol. The van der Waals surface area contributed by atoms with Crippen LogP contribution in [0, 0.1) is 0 Å². The van der Waals surface area contributed by atoms with Crippen molar-refractivity contribution in [3.63, 3.8) is 0 Å². The van der Waals surface area contributed by atoms with E-state index in [9.17, 15) is 4.79 Å². The lowest BCUT2D eigenvalue weighted by atomic mass is 10.0. The summed E-state index contributed by atoms with van der Waals surface area (Å²) in [7, 11) is 0. The Bertz CT molecular complexity index is 935. The molecule has 1 aliphatic heterocycles. The molecule has 4 rings (SSSR count). The van der Waals surface area contributed by atoms with Crippen LogP contribution in [0.2, 0.25) is 0 Å². The van der Waals surface area contributed by atoms with Gasteiger partial charge in [-0.25, -0.2) is 0 Å². The summed E-state index contributed by atoms with van der Waals surface area (Å²) >= 11 is 1.45. The van der Waals surface area contributed by atoms with E-state index in [1.807, 2.05) is 53.6 Å². The molecule has 0 radical (unpaired) electrons. The summed E-state index contributed by atoms with van der Waals surface area (Å²) in [4.78, 5) is 15.0. The van der Waals surface area contributed by atoms with E-state index in [-0.39, 0.29) is 11.2 Å². The quantitative estimate of drug-likeness (QED) is 0.624. The molecule has 0 N–H and O–H groups in total. The second kappa shape index (κ2) is 7.60. The lowest BCUT2D eigenvalue weighted by Gasteiger charge is -2.31. The van der Waals surface area contributed by atoms with Crippen LogP contribution in [-0.4, -0.2) is 32.5 Å². The Hall–Kier alpha value is -2.54. The molecule has 1 aliphatic rings. The lowest BCUT2D eigenvalue weighted by molar-refractivity contribution is -0.117. The van der Waals surface area contributed by atoms with E-state index in [0.29, 0.717) is 18.1 Å². The van der Waals surface area contributed by atoms with Gasteiger partial charge in [0.05, 0.1) is 11.5 Å². The van der Waals surface area contributed by atoms with Crippen LogP contribution in [0.3, 0.4) is 0 Å². The Morgan fingerprint density at radius 1 is 1.26 bits per heavy atom. The highest BCUT2D eigenvalue weighted by Crippen LogP contribution is 2.31. The first-order valence-corrected chi connectivity index (χ1v) is 10.1. The Morgan fingerprint density at radius 2 is 2.11 bits per heavy atom. The number of aryl methyl sites for hydroxylation is 1. The SMILES string of the molecule is CCn1c(S[C@H](C)C(=O)N2CCCc3ccccc32)nnc1-c1ccco1. The van der Waals surface area contributed by atoms with Crippen molar-refractivity contribution in [1.82, 2.24) is 14.8 Å². The fraction of sp³-hybridized carbons (Fsp3) is 0.350. The Morgan fingerprint density at radius 3 is 2.89 bits per heavy atom. The molecule has 0 aliphatic carbocycles. The van der Waals surface area contributed by atoms with Crippen LogP contribution in [0.4, 0.5) is 5.69 Å². The highest BCUT2D eigenvalue weighted by atomic mass is 32.2. The third-order valence-electron chi connectivity index (χ3n) is 4.78. The average molecular weight is 382 g/mol. The number of hydrogen-bond donors (Lipinski definition) is 0. The van der Waals surface area contributed by atoms with Crippen molar-refractivity contribution in [3.8, 4) is 11.6 Å². The zero-order chi connectivity index (χ0) is 18.8. The summed E-state index contributed by atoms with van der Waals surface area (Å²) in [5.41, 5.74) is 2.28.